The standard InChI is InChI=1S/C12H14FN3/c1-8(2)16-11(6-7-15-16)9-4-3-5-10(14)12(9)13/h3-8H,14H2,1-2H3. The molecule has 0 aliphatic rings. The molecule has 4 heteroatoms. The van der Waals surface area contributed by atoms with Gasteiger partial charge in [-0.2, -0.15) is 5.10 Å². The molecule has 1 heterocycles. The van der Waals surface area contributed by atoms with Crippen LogP contribution >= 0.6 is 0 Å². The molecule has 0 saturated heterocycles. The Morgan fingerprint density at radius 1 is 1.31 bits per heavy atom. The van der Waals surface area contributed by atoms with Gasteiger partial charge in [0.2, 0.25) is 0 Å². The third-order valence-corrected chi connectivity index (χ3v) is 2.46. The largest absolute Gasteiger partial charge is 0.396 e. The molecule has 2 aromatic rings. The van der Waals surface area contributed by atoms with Crippen molar-refractivity contribution in [3.05, 3.63) is 36.3 Å². The van der Waals surface area contributed by atoms with Gasteiger partial charge < -0.3 is 5.73 Å². The number of halogens is 1. The highest BCUT2D eigenvalue weighted by atomic mass is 19.1. The van der Waals surface area contributed by atoms with Crippen molar-refractivity contribution in [1.82, 2.24) is 9.78 Å². The highest BCUT2D eigenvalue weighted by Crippen LogP contribution is 2.27. The summed E-state index contributed by atoms with van der Waals surface area (Å²) in [6, 6.07) is 6.98. The van der Waals surface area contributed by atoms with Crippen molar-refractivity contribution >= 4 is 5.69 Å². The minimum absolute atomic E-state index is 0.161. The summed E-state index contributed by atoms with van der Waals surface area (Å²) in [5.74, 6) is -0.384. The highest BCUT2D eigenvalue weighted by Gasteiger charge is 2.13. The first kappa shape index (κ1) is 10.7. The molecule has 0 aliphatic heterocycles. The van der Waals surface area contributed by atoms with E-state index in [1.807, 2.05) is 13.8 Å². The number of hydrogen-bond acceptors (Lipinski definition) is 2. The van der Waals surface area contributed by atoms with Crippen molar-refractivity contribution in [2.45, 2.75) is 19.9 Å². The van der Waals surface area contributed by atoms with Crippen LogP contribution in [0.1, 0.15) is 19.9 Å². The number of benzene rings is 1. The van der Waals surface area contributed by atoms with Gasteiger partial charge in [-0.05, 0) is 32.0 Å². The normalized spacial score (nSPS) is 11.0. The Labute approximate surface area is 93.7 Å². The highest BCUT2D eigenvalue weighted by molar-refractivity contribution is 5.65. The van der Waals surface area contributed by atoms with Gasteiger partial charge in [-0.25, -0.2) is 4.39 Å². The third kappa shape index (κ3) is 1.66. The van der Waals surface area contributed by atoms with Crippen LogP contribution in [0.4, 0.5) is 10.1 Å². The lowest BCUT2D eigenvalue weighted by Gasteiger charge is -2.12. The van der Waals surface area contributed by atoms with Gasteiger partial charge in [-0.1, -0.05) is 6.07 Å². The maximum atomic E-state index is 13.8. The number of nitrogens with two attached hydrogens (primary N) is 1. The average molecular weight is 219 g/mol. The van der Waals surface area contributed by atoms with Crippen LogP contribution in [-0.4, -0.2) is 9.78 Å². The van der Waals surface area contributed by atoms with Crippen LogP contribution in [0.15, 0.2) is 30.5 Å². The van der Waals surface area contributed by atoms with E-state index >= 15 is 0 Å². The second kappa shape index (κ2) is 3.96. The molecule has 2 N–H and O–H groups in total. The molecule has 0 unspecified atom stereocenters. The van der Waals surface area contributed by atoms with Gasteiger partial charge >= 0.3 is 0 Å². The first-order chi connectivity index (χ1) is 7.61. The molecule has 3 nitrogen and oxygen atoms in total. The molecule has 84 valence electrons. The summed E-state index contributed by atoms with van der Waals surface area (Å²) in [5, 5.41) is 4.17. The smallest absolute Gasteiger partial charge is 0.155 e. The molecule has 1 aromatic heterocycles. The number of hydrogen-bond donors (Lipinski definition) is 1. The van der Waals surface area contributed by atoms with Gasteiger partial charge in [-0.3, -0.25) is 4.68 Å². The zero-order valence-corrected chi connectivity index (χ0v) is 9.31. The maximum absolute atomic E-state index is 13.8. The number of rotatable bonds is 2. The molecule has 16 heavy (non-hydrogen) atoms. The Balaban J connectivity index is 2.59. The molecule has 0 spiro atoms. The predicted molar refractivity (Wildman–Crippen MR) is 62.4 cm³/mol. The summed E-state index contributed by atoms with van der Waals surface area (Å²) in [4.78, 5) is 0. The first-order valence-electron chi connectivity index (χ1n) is 5.19. The zero-order valence-electron chi connectivity index (χ0n) is 9.31. The van der Waals surface area contributed by atoms with E-state index < -0.39 is 0 Å². The van der Waals surface area contributed by atoms with E-state index in [4.69, 9.17) is 5.73 Å². The van der Waals surface area contributed by atoms with Crippen molar-refractivity contribution in [1.29, 1.82) is 0 Å². The molecule has 0 radical (unpaired) electrons. The molecule has 0 amide bonds. The molecule has 0 saturated carbocycles. The summed E-state index contributed by atoms with van der Waals surface area (Å²) in [6.07, 6.45) is 1.66. The summed E-state index contributed by atoms with van der Waals surface area (Å²) >= 11 is 0. The predicted octanol–water partition coefficient (Wildman–Crippen LogP) is 2.85. The minimum atomic E-state index is -0.384. The van der Waals surface area contributed by atoms with E-state index in [1.165, 1.54) is 0 Å². The van der Waals surface area contributed by atoms with Crippen molar-refractivity contribution in [2.75, 3.05) is 5.73 Å². The van der Waals surface area contributed by atoms with Crippen molar-refractivity contribution in [3.8, 4) is 11.3 Å². The van der Waals surface area contributed by atoms with Gasteiger partial charge in [0.25, 0.3) is 0 Å². The van der Waals surface area contributed by atoms with E-state index in [-0.39, 0.29) is 17.5 Å². The quantitative estimate of drug-likeness (QED) is 0.789. The Morgan fingerprint density at radius 3 is 2.75 bits per heavy atom. The molecule has 0 bridgehead atoms. The number of nitrogen functional groups attached to an aromatic ring is 1. The van der Waals surface area contributed by atoms with E-state index in [1.54, 1.807) is 35.1 Å². The van der Waals surface area contributed by atoms with Crippen LogP contribution in [0.2, 0.25) is 0 Å². The number of aromatic nitrogens is 2. The Kier molecular flexibility index (Phi) is 2.64. The zero-order chi connectivity index (χ0) is 11.7. The summed E-state index contributed by atoms with van der Waals surface area (Å²) < 4.78 is 15.6. The SMILES string of the molecule is CC(C)n1nccc1-c1cccc(N)c1F. The van der Waals surface area contributed by atoms with E-state index in [0.717, 1.165) is 5.69 Å². The van der Waals surface area contributed by atoms with Crippen LogP contribution in [0.3, 0.4) is 0 Å². The second-order valence-electron chi connectivity index (χ2n) is 3.96. The molecular formula is C12H14FN3. The fraction of sp³-hybridized carbons (Fsp3) is 0.250. The topological polar surface area (TPSA) is 43.8 Å². The number of anilines is 1. The van der Waals surface area contributed by atoms with Crippen molar-refractivity contribution < 1.29 is 4.39 Å². The Hall–Kier alpha value is -1.84. The Bertz CT molecular complexity index is 503. The number of nitrogens with zero attached hydrogens (tertiary/aromatic N) is 2. The Morgan fingerprint density at radius 2 is 2.06 bits per heavy atom. The summed E-state index contributed by atoms with van der Waals surface area (Å²) in [7, 11) is 0. The van der Waals surface area contributed by atoms with Gasteiger partial charge in [0.05, 0.1) is 11.4 Å². The van der Waals surface area contributed by atoms with E-state index in [0.29, 0.717) is 5.56 Å². The van der Waals surface area contributed by atoms with Gasteiger partial charge in [-0.15, -0.1) is 0 Å². The van der Waals surface area contributed by atoms with Crippen LogP contribution < -0.4 is 5.73 Å². The minimum Gasteiger partial charge on any atom is -0.396 e. The fourth-order valence-electron chi connectivity index (χ4n) is 1.69. The molecule has 0 atom stereocenters. The average Bonchev–Trinajstić information content (AvgIpc) is 2.70. The maximum Gasteiger partial charge on any atom is 0.155 e. The molecule has 2 rings (SSSR count). The van der Waals surface area contributed by atoms with Crippen LogP contribution in [0, 0.1) is 5.82 Å². The van der Waals surface area contributed by atoms with E-state index in [2.05, 4.69) is 5.10 Å². The lowest BCUT2D eigenvalue weighted by molar-refractivity contribution is 0.535. The van der Waals surface area contributed by atoms with Gasteiger partial charge in [0.15, 0.2) is 5.82 Å². The lowest BCUT2D eigenvalue weighted by atomic mass is 10.1. The molecule has 1 aromatic carbocycles. The fourth-order valence-corrected chi connectivity index (χ4v) is 1.69. The van der Waals surface area contributed by atoms with Crippen LogP contribution in [0.25, 0.3) is 11.3 Å². The summed E-state index contributed by atoms with van der Waals surface area (Å²) in [5.41, 5.74) is 6.95. The van der Waals surface area contributed by atoms with Gasteiger partial charge in [0, 0.05) is 17.8 Å². The molecular weight excluding hydrogens is 205 g/mol. The molecule has 0 fully saturated rings. The summed E-state index contributed by atoms with van der Waals surface area (Å²) in [6.45, 7) is 4.00. The lowest BCUT2D eigenvalue weighted by Crippen LogP contribution is -2.05. The monoisotopic (exact) mass is 219 g/mol. The molecule has 0 aliphatic carbocycles. The second-order valence-corrected chi connectivity index (χ2v) is 3.96. The van der Waals surface area contributed by atoms with Gasteiger partial charge in [0.1, 0.15) is 0 Å². The van der Waals surface area contributed by atoms with E-state index in [9.17, 15) is 4.39 Å². The van der Waals surface area contributed by atoms with Crippen molar-refractivity contribution in [3.63, 3.8) is 0 Å². The third-order valence-electron chi connectivity index (χ3n) is 2.46. The van der Waals surface area contributed by atoms with Crippen molar-refractivity contribution in [2.24, 2.45) is 0 Å². The first-order valence-corrected chi connectivity index (χ1v) is 5.19. The van der Waals surface area contributed by atoms with Crippen LogP contribution in [-0.2, 0) is 0 Å². The van der Waals surface area contributed by atoms with Crippen LogP contribution in [0.5, 0.6) is 0 Å².